The van der Waals surface area contributed by atoms with E-state index in [0.717, 1.165) is 9.91 Å². The number of esters is 1. The molecular formula is C16H25IN6O4S. The van der Waals surface area contributed by atoms with E-state index in [1.54, 1.807) is 20.9 Å². The fourth-order valence-corrected chi connectivity index (χ4v) is 3.38. The number of carbonyl (C=O) groups excluding carboxylic acids is 3. The molecule has 12 heteroatoms. The van der Waals surface area contributed by atoms with Gasteiger partial charge >= 0.3 is 12.0 Å². The van der Waals surface area contributed by atoms with E-state index in [0.29, 0.717) is 29.7 Å². The number of rotatable bonds is 7. The highest BCUT2D eigenvalue weighted by Crippen LogP contribution is 2.24. The van der Waals surface area contributed by atoms with Crippen LogP contribution in [0.1, 0.15) is 40.3 Å². The third-order valence-electron chi connectivity index (χ3n) is 3.79. The molecule has 28 heavy (non-hydrogen) atoms. The first-order chi connectivity index (χ1) is 12.9. The van der Waals surface area contributed by atoms with Gasteiger partial charge in [-0.15, -0.1) is 35.3 Å². The van der Waals surface area contributed by atoms with Crippen LogP contribution in [0, 0.1) is 6.92 Å². The number of aliphatic imine (C=N–C) groups is 1. The second-order valence-corrected chi connectivity index (χ2v) is 6.79. The number of halogens is 1. The van der Waals surface area contributed by atoms with Gasteiger partial charge in [0, 0.05) is 20.1 Å². The lowest BCUT2D eigenvalue weighted by atomic mass is 10.3. The molecule has 1 fully saturated rings. The van der Waals surface area contributed by atoms with Crippen molar-refractivity contribution in [3.05, 3.63) is 15.6 Å². The summed E-state index contributed by atoms with van der Waals surface area (Å²) in [5.74, 6) is -0.120. The topological polar surface area (TPSA) is 125 Å². The van der Waals surface area contributed by atoms with Gasteiger partial charge in [-0.05, 0) is 20.8 Å². The summed E-state index contributed by atoms with van der Waals surface area (Å²) in [5.41, 5.74) is 0.628. The highest BCUT2D eigenvalue weighted by atomic mass is 127. The average Bonchev–Trinajstić information content (AvgIpc) is 3.17. The monoisotopic (exact) mass is 524 g/mol. The van der Waals surface area contributed by atoms with Gasteiger partial charge in [-0.2, -0.15) is 0 Å². The molecule has 3 amide bonds. The van der Waals surface area contributed by atoms with Crippen LogP contribution in [0.15, 0.2) is 4.99 Å². The number of imide groups is 1. The van der Waals surface area contributed by atoms with Crippen LogP contribution < -0.4 is 16.0 Å². The molecule has 0 bridgehead atoms. The van der Waals surface area contributed by atoms with E-state index in [-0.39, 0.29) is 61.0 Å². The third kappa shape index (κ3) is 6.02. The Hall–Kier alpha value is -1.96. The van der Waals surface area contributed by atoms with E-state index in [4.69, 9.17) is 4.74 Å². The predicted octanol–water partition coefficient (Wildman–Crippen LogP) is 1.02. The number of aromatic nitrogens is 1. The van der Waals surface area contributed by atoms with E-state index >= 15 is 0 Å². The van der Waals surface area contributed by atoms with E-state index < -0.39 is 0 Å². The quantitative estimate of drug-likeness (QED) is 0.160. The molecule has 1 aromatic heterocycles. The van der Waals surface area contributed by atoms with E-state index in [1.807, 2.05) is 6.92 Å². The minimum absolute atomic E-state index is 0. The molecular weight excluding hydrogens is 499 g/mol. The van der Waals surface area contributed by atoms with Gasteiger partial charge in [-0.1, -0.05) is 0 Å². The molecule has 0 radical (unpaired) electrons. The van der Waals surface area contributed by atoms with Gasteiger partial charge in [-0.25, -0.2) is 14.6 Å². The summed E-state index contributed by atoms with van der Waals surface area (Å²) in [6.07, 6.45) is 0. The minimum atomic E-state index is -0.386. The number of amides is 3. The van der Waals surface area contributed by atoms with Gasteiger partial charge in [-0.3, -0.25) is 14.7 Å². The first-order valence-electron chi connectivity index (χ1n) is 8.57. The van der Waals surface area contributed by atoms with Crippen molar-refractivity contribution in [3.63, 3.8) is 0 Å². The smallest absolute Gasteiger partial charge is 0.350 e. The van der Waals surface area contributed by atoms with Crippen molar-refractivity contribution in [3.8, 4) is 0 Å². The summed E-state index contributed by atoms with van der Waals surface area (Å²) in [5, 5.41) is 9.42. The minimum Gasteiger partial charge on any atom is -0.462 e. The van der Waals surface area contributed by atoms with Crippen molar-refractivity contribution < 1.29 is 19.1 Å². The number of hydrogen-bond acceptors (Lipinski definition) is 7. The second kappa shape index (κ2) is 11.1. The van der Waals surface area contributed by atoms with Crippen LogP contribution in [0.5, 0.6) is 0 Å². The van der Waals surface area contributed by atoms with Gasteiger partial charge in [0.15, 0.2) is 5.96 Å². The third-order valence-corrected chi connectivity index (χ3v) is 5.11. The summed E-state index contributed by atoms with van der Waals surface area (Å²) < 4.78 is 5.03. The van der Waals surface area contributed by atoms with Crippen molar-refractivity contribution in [2.45, 2.75) is 26.8 Å². The Bertz CT molecular complexity index is 737. The Kier molecular flexibility index (Phi) is 9.58. The number of nitrogens with one attached hydrogen (secondary N) is 3. The Morgan fingerprint density at radius 1 is 1.46 bits per heavy atom. The number of thiazole rings is 1. The van der Waals surface area contributed by atoms with Crippen LogP contribution in [-0.4, -0.2) is 67.0 Å². The maximum atomic E-state index is 11.9. The number of nitrogens with zero attached hydrogens (tertiary/aromatic N) is 3. The molecule has 1 unspecified atom stereocenters. The van der Waals surface area contributed by atoms with E-state index in [2.05, 4.69) is 25.9 Å². The van der Waals surface area contributed by atoms with Crippen molar-refractivity contribution in [2.24, 2.45) is 4.99 Å². The normalized spacial score (nSPS) is 15.0. The van der Waals surface area contributed by atoms with Gasteiger partial charge < -0.3 is 20.7 Å². The second-order valence-electron chi connectivity index (χ2n) is 5.76. The number of carbonyl (C=O) groups is 3. The molecule has 2 heterocycles. The zero-order valence-corrected chi connectivity index (χ0v) is 19.3. The molecule has 1 aliphatic rings. The van der Waals surface area contributed by atoms with Crippen LogP contribution >= 0.6 is 35.3 Å². The molecule has 1 saturated heterocycles. The molecule has 2 rings (SSSR count). The molecule has 1 atom stereocenters. The lowest BCUT2D eigenvalue weighted by Crippen LogP contribution is -2.43. The van der Waals surface area contributed by atoms with Gasteiger partial charge in [0.05, 0.1) is 24.9 Å². The number of aryl methyl sites for hydroxylation is 1. The maximum absolute atomic E-state index is 11.9. The Balaban J connectivity index is 0.00000392. The molecule has 10 nitrogen and oxygen atoms in total. The summed E-state index contributed by atoms with van der Waals surface area (Å²) in [6, 6.07) is -0.581. The molecule has 0 aromatic carbocycles. The summed E-state index contributed by atoms with van der Waals surface area (Å²) in [4.78, 5) is 45.2. The number of hydrogen-bond donors (Lipinski definition) is 3. The van der Waals surface area contributed by atoms with Crippen LogP contribution in [0.25, 0.3) is 0 Å². The van der Waals surface area contributed by atoms with Crippen LogP contribution in [0.4, 0.5) is 4.79 Å². The fraction of sp³-hybridized carbons (Fsp3) is 0.562. The summed E-state index contributed by atoms with van der Waals surface area (Å²) >= 11 is 1.28. The predicted molar refractivity (Wildman–Crippen MR) is 116 cm³/mol. The van der Waals surface area contributed by atoms with Crippen LogP contribution in [0.2, 0.25) is 0 Å². The van der Waals surface area contributed by atoms with Gasteiger partial charge in [0.2, 0.25) is 5.91 Å². The molecule has 0 saturated carbocycles. The van der Waals surface area contributed by atoms with Crippen molar-refractivity contribution in [1.82, 2.24) is 25.8 Å². The zero-order valence-electron chi connectivity index (χ0n) is 16.2. The molecule has 1 aliphatic heterocycles. The zero-order chi connectivity index (χ0) is 20.0. The highest BCUT2D eigenvalue weighted by molar-refractivity contribution is 14.0. The molecule has 0 aliphatic carbocycles. The number of ether oxygens (including phenoxy) is 1. The highest BCUT2D eigenvalue weighted by Gasteiger charge is 2.27. The molecule has 3 N–H and O–H groups in total. The first-order valence-corrected chi connectivity index (χ1v) is 9.38. The standard InChI is InChI=1S/C16H24N6O4S.HI/c1-5-26-14(24)12-9(2)20-13(27-12)10(3)21-15(17-4)18-6-7-22-11(23)8-19-16(22)25;/h10H,5-8H2,1-4H3,(H,19,25)(H2,17,18,21);1H. The largest absolute Gasteiger partial charge is 0.462 e. The lowest BCUT2D eigenvalue weighted by molar-refractivity contribution is -0.124. The maximum Gasteiger partial charge on any atom is 0.350 e. The lowest BCUT2D eigenvalue weighted by Gasteiger charge is -2.18. The number of urea groups is 1. The van der Waals surface area contributed by atoms with Crippen LogP contribution in [0.3, 0.4) is 0 Å². The van der Waals surface area contributed by atoms with E-state index in [9.17, 15) is 14.4 Å². The first kappa shape index (κ1) is 24.1. The molecule has 1 aromatic rings. The van der Waals surface area contributed by atoms with Crippen LogP contribution in [-0.2, 0) is 9.53 Å². The Labute approximate surface area is 184 Å². The SMILES string of the molecule is CCOC(=O)c1sc(C(C)NC(=NC)NCCN2C(=O)CNC2=O)nc1C.I. The van der Waals surface area contributed by atoms with Crippen molar-refractivity contribution in [1.29, 1.82) is 0 Å². The number of guanidine groups is 1. The molecule has 0 spiro atoms. The Morgan fingerprint density at radius 3 is 2.75 bits per heavy atom. The fourth-order valence-electron chi connectivity index (χ4n) is 2.42. The van der Waals surface area contributed by atoms with Gasteiger partial charge in [0.1, 0.15) is 9.88 Å². The van der Waals surface area contributed by atoms with Gasteiger partial charge in [0.25, 0.3) is 0 Å². The average molecular weight is 524 g/mol. The Morgan fingerprint density at radius 2 is 2.18 bits per heavy atom. The van der Waals surface area contributed by atoms with E-state index in [1.165, 1.54) is 11.3 Å². The summed E-state index contributed by atoms with van der Waals surface area (Å²) in [6.45, 7) is 6.37. The van der Waals surface area contributed by atoms with Crippen molar-refractivity contribution >= 4 is 59.2 Å². The van der Waals surface area contributed by atoms with Crippen molar-refractivity contribution in [2.75, 3.05) is 33.3 Å². The molecule has 156 valence electrons. The summed E-state index contributed by atoms with van der Waals surface area (Å²) in [7, 11) is 1.62.